The van der Waals surface area contributed by atoms with Crippen LogP contribution in [-0.2, 0) is 6.42 Å². The minimum atomic E-state index is -0.0862. The molecule has 0 bridgehead atoms. The van der Waals surface area contributed by atoms with Gasteiger partial charge in [-0.15, -0.1) is 0 Å². The van der Waals surface area contributed by atoms with Gasteiger partial charge in [0.1, 0.15) is 18.2 Å². The number of rotatable bonds is 6. The fourth-order valence-electron chi connectivity index (χ4n) is 2.02. The van der Waals surface area contributed by atoms with Crippen LogP contribution in [0.5, 0.6) is 5.75 Å². The van der Waals surface area contributed by atoms with Gasteiger partial charge < -0.3 is 15.2 Å². The first-order valence-electron chi connectivity index (χ1n) is 6.23. The first kappa shape index (κ1) is 13.1. The molecule has 1 aliphatic rings. The van der Waals surface area contributed by atoms with Crippen molar-refractivity contribution in [2.75, 3.05) is 26.3 Å². The second kappa shape index (κ2) is 6.52. The zero-order chi connectivity index (χ0) is 12.8. The third-order valence-corrected chi connectivity index (χ3v) is 2.92. The summed E-state index contributed by atoms with van der Waals surface area (Å²) in [5, 5.41) is 11.6. The molecular formula is C14H18FNO2. The molecule has 0 saturated carbocycles. The molecule has 2 N–H and O–H groups in total. The van der Waals surface area contributed by atoms with Gasteiger partial charge in [0.15, 0.2) is 0 Å². The average molecular weight is 251 g/mol. The van der Waals surface area contributed by atoms with E-state index in [4.69, 9.17) is 9.84 Å². The van der Waals surface area contributed by atoms with E-state index in [1.807, 2.05) is 18.2 Å². The summed E-state index contributed by atoms with van der Waals surface area (Å²) in [4.78, 5) is 0. The normalized spacial score (nSPS) is 14.0. The summed E-state index contributed by atoms with van der Waals surface area (Å²) in [6.45, 7) is 1.85. The Kier molecular flexibility index (Phi) is 4.73. The van der Waals surface area contributed by atoms with Crippen LogP contribution in [0, 0.1) is 0 Å². The number of hydrogen-bond acceptors (Lipinski definition) is 3. The topological polar surface area (TPSA) is 41.5 Å². The maximum absolute atomic E-state index is 13.3. The number of halogens is 1. The molecule has 0 heterocycles. The van der Waals surface area contributed by atoms with Crippen LogP contribution in [0.3, 0.4) is 0 Å². The predicted molar refractivity (Wildman–Crippen MR) is 69.3 cm³/mol. The van der Waals surface area contributed by atoms with Crippen molar-refractivity contribution in [3.8, 4) is 5.75 Å². The summed E-state index contributed by atoms with van der Waals surface area (Å²) in [5.74, 6) is 0.644. The summed E-state index contributed by atoms with van der Waals surface area (Å²) in [6, 6.07) is 5.81. The third kappa shape index (κ3) is 3.31. The molecule has 1 aromatic rings. The Morgan fingerprint density at radius 1 is 1.28 bits per heavy atom. The van der Waals surface area contributed by atoms with Crippen LogP contribution in [-0.4, -0.2) is 31.4 Å². The Balaban J connectivity index is 1.97. The lowest BCUT2D eigenvalue weighted by molar-refractivity contribution is 0.275. The summed E-state index contributed by atoms with van der Waals surface area (Å²) in [6.07, 6.45) is 2.78. The van der Waals surface area contributed by atoms with Crippen LogP contribution in [0.2, 0.25) is 0 Å². The number of aliphatic hydroxyl groups is 1. The molecule has 18 heavy (non-hydrogen) atoms. The molecule has 2 rings (SSSR count). The van der Waals surface area contributed by atoms with Gasteiger partial charge >= 0.3 is 0 Å². The van der Waals surface area contributed by atoms with Crippen molar-refractivity contribution in [2.45, 2.75) is 12.8 Å². The highest BCUT2D eigenvalue weighted by Gasteiger charge is 2.13. The molecule has 4 heteroatoms. The van der Waals surface area contributed by atoms with E-state index < -0.39 is 0 Å². The molecule has 3 nitrogen and oxygen atoms in total. The summed E-state index contributed by atoms with van der Waals surface area (Å²) >= 11 is 0. The molecule has 0 radical (unpaired) electrons. The first-order chi connectivity index (χ1) is 8.81. The average Bonchev–Trinajstić information content (AvgIpc) is 2.39. The quantitative estimate of drug-likeness (QED) is 0.759. The van der Waals surface area contributed by atoms with Crippen LogP contribution < -0.4 is 10.1 Å². The van der Waals surface area contributed by atoms with Crippen molar-refractivity contribution in [1.82, 2.24) is 5.32 Å². The van der Waals surface area contributed by atoms with E-state index in [9.17, 15) is 4.39 Å². The molecule has 1 aliphatic carbocycles. The SMILES string of the molecule is OCCNCCOc1cccc2c1C=C(F)CC2. The number of nitrogens with one attached hydrogen (secondary N) is 1. The number of aliphatic hydroxyl groups excluding tert-OH is 1. The predicted octanol–water partition coefficient (Wildman–Crippen LogP) is 1.90. The molecule has 0 amide bonds. The maximum Gasteiger partial charge on any atom is 0.126 e. The van der Waals surface area contributed by atoms with Crippen molar-refractivity contribution in [2.24, 2.45) is 0 Å². The van der Waals surface area contributed by atoms with E-state index in [1.54, 1.807) is 6.08 Å². The zero-order valence-corrected chi connectivity index (χ0v) is 10.3. The van der Waals surface area contributed by atoms with Gasteiger partial charge in [-0.2, -0.15) is 0 Å². The molecule has 1 aromatic carbocycles. The summed E-state index contributed by atoms with van der Waals surface area (Å²) < 4.78 is 18.9. The van der Waals surface area contributed by atoms with E-state index in [0.717, 1.165) is 23.3 Å². The number of allylic oxidation sites excluding steroid dienone is 1. The van der Waals surface area contributed by atoms with Crippen LogP contribution in [0.15, 0.2) is 24.0 Å². The highest BCUT2D eigenvalue weighted by atomic mass is 19.1. The van der Waals surface area contributed by atoms with Gasteiger partial charge in [0.05, 0.1) is 6.61 Å². The molecule has 0 spiro atoms. The van der Waals surface area contributed by atoms with Gasteiger partial charge in [-0.25, -0.2) is 4.39 Å². The Bertz CT molecular complexity index is 432. The molecule has 0 fully saturated rings. The Morgan fingerprint density at radius 2 is 2.17 bits per heavy atom. The van der Waals surface area contributed by atoms with Crippen molar-refractivity contribution in [1.29, 1.82) is 0 Å². The first-order valence-corrected chi connectivity index (χ1v) is 6.23. The smallest absolute Gasteiger partial charge is 0.126 e. The standard InChI is InChI=1S/C14H18FNO2/c15-12-5-4-11-2-1-3-14(13(11)10-12)18-9-7-16-6-8-17/h1-3,10,16-17H,4-9H2. The van der Waals surface area contributed by atoms with Gasteiger partial charge in [-0.3, -0.25) is 0 Å². The molecule has 0 saturated heterocycles. The highest BCUT2D eigenvalue weighted by Crippen LogP contribution is 2.31. The lowest BCUT2D eigenvalue weighted by Crippen LogP contribution is -2.24. The number of benzene rings is 1. The number of ether oxygens (including phenoxy) is 1. The Labute approximate surface area is 106 Å². The van der Waals surface area contributed by atoms with Gasteiger partial charge in [0, 0.05) is 25.1 Å². The van der Waals surface area contributed by atoms with Crippen molar-refractivity contribution in [3.63, 3.8) is 0 Å². The molecule has 0 unspecified atom stereocenters. The van der Waals surface area contributed by atoms with Gasteiger partial charge in [0.2, 0.25) is 0 Å². The third-order valence-electron chi connectivity index (χ3n) is 2.92. The Hall–Kier alpha value is -1.39. The fraction of sp³-hybridized carbons (Fsp3) is 0.429. The van der Waals surface area contributed by atoms with Crippen molar-refractivity contribution >= 4 is 6.08 Å². The summed E-state index contributed by atoms with van der Waals surface area (Å²) in [5.41, 5.74) is 2.00. The highest BCUT2D eigenvalue weighted by molar-refractivity contribution is 5.64. The monoisotopic (exact) mass is 251 g/mol. The molecular weight excluding hydrogens is 233 g/mol. The number of hydrogen-bond donors (Lipinski definition) is 2. The molecule has 0 aliphatic heterocycles. The number of aryl methyl sites for hydroxylation is 1. The second-order valence-corrected chi connectivity index (χ2v) is 4.24. The van der Waals surface area contributed by atoms with Crippen molar-refractivity contribution in [3.05, 3.63) is 35.2 Å². The van der Waals surface area contributed by atoms with E-state index in [0.29, 0.717) is 26.1 Å². The van der Waals surface area contributed by atoms with Gasteiger partial charge in [-0.05, 0) is 24.1 Å². The number of fused-ring (bicyclic) bond motifs is 1. The fourth-order valence-corrected chi connectivity index (χ4v) is 2.02. The van der Waals surface area contributed by atoms with Gasteiger partial charge in [-0.1, -0.05) is 12.1 Å². The molecule has 0 aromatic heterocycles. The second-order valence-electron chi connectivity index (χ2n) is 4.24. The maximum atomic E-state index is 13.3. The Morgan fingerprint density at radius 3 is 3.00 bits per heavy atom. The van der Waals surface area contributed by atoms with Crippen LogP contribution in [0.25, 0.3) is 6.08 Å². The molecule has 0 atom stereocenters. The zero-order valence-electron chi connectivity index (χ0n) is 10.3. The van der Waals surface area contributed by atoms with Crippen LogP contribution in [0.1, 0.15) is 17.5 Å². The summed E-state index contributed by atoms with van der Waals surface area (Å²) in [7, 11) is 0. The lowest BCUT2D eigenvalue weighted by Gasteiger charge is -2.16. The van der Waals surface area contributed by atoms with E-state index in [-0.39, 0.29) is 12.4 Å². The van der Waals surface area contributed by atoms with Crippen LogP contribution in [0.4, 0.5) is 4.39 Å². The van der Waals surface area contributed by atoms with Crippen molar-refractivity contribution < 1.29 is 14.2 Å². The molecule has 98 valence electrons. The van der Waals surface area contributed by atoms with E-state index in [2.05, 4.69) is 5.32 Å². The van der Waals surface area contributed by atoms with Gasteiger partial charge in [0.25, 0.3) is 0 Å². The minimum absolute atomic E-state index is 0.0862. The van der Waals surface area contributed by atoms with E-state index in [1.165, 1.54) is 0 Å². The minimum Gasteiger partial charge on any atom is -0.492 e. The van der Waals surface area contributed by atoms with E-state index >= 15 is 0 Å². The lowest BCUT2D eigenvalue weighted by atomic mass is 9.96. The van der Waals surface area contributed by atoms with Crippen LogP contribution >= 0.6 is 0 Å². The largest absolute Gasteiger partial charge is 0.492 e.